The third-order valence-electron chi connectivity index (χ3n) is 12.9. The molecule has 4 heterocycles. The predicted octanol–water partition coefficient (Wildman–Crippen LogP) is 3.66. The third-order valence-corrected chi connectivity index (χ3v) is 18.1. The molecule has 4 aromatic rings. The van der Waals surface area contributed by atoms with Crippen molar-refractivity contribution in [3.05, 3.63) is 72.1 Å². The first-order valence-corrected chi connectivity index (χ1v) is 29.5. The number of aromatic hydroxyl groups is 2. The van der Waals surface area contributed by atoms with Gasteiger partial charge in [-0.1, -0.05) is 88.4 Å². The summed E-state index contributed by atoms with van der Waals surface area (Å²) in [4.78, 5) is 155. The van der Waals surface area contributed by atoms with Gasteiger partial charge in [0.1, 0.15) is 41.4 Å². The Labute approximate surface area is 453 Å². The van der Waals surface area contributed by atoms with Crippen LogP contribution in [0.4, 0.5) is 0 Å². The fourth-order valence-corrected chi connectivity index (χ4v) is 13.8. The van der Waals surface area contributed by atoms with Gasteiger partial charge in [0.2, 0.25) is 39.8 Å². The molecule has 2 aliphatic rings. The van der Waals surface area contributed by atoms with Gasteiger partial charge in [-0.15, -0.1) is 0 Å². The van der Waals surface area contributed by atoms with E-state index in [9.17, 15) is 58.2 Å². The van der Waals surface area contributed by atoms with Crippen LogP contribution in [0.15, 0.2) is 60.7 Å². The Morgan fingerprint density at radius 3 is 1.80 bits per heavy atom. The van der Waals surface area contributed by atoms with Crippen molar-refractivity contribution in [1.29, 1.82) is 0 Å². The van der Waals surface area contributed by atoms with Crippen molar-refractivity contribution in [3.8, 4) is 11.5 Å². The maximum Gasteiger partial charge on any atom is 0.274 e. The van der Waals surface area contributed by atoms with Gasteiger partial charge in [0, 0.05) is 87.0 Å². The molecular weight excluding hydrogens is 1060 g/mol. The second-order valence-electron chi connectivity index (χ2n) is 17.8. The molecule has 4 N–H and O–H groups in total. The van der Waals surface area contributed by atoms with E-state index in [1.54, 1.807) is 61.7 Å². The summed E-state index contributed by atoms with van der Waals surface area (Å²) in [6.07, 6.45) is 0.392. The topological polar surface area (TPSA) is 274 Å². The van der Waals surface area contributed by atoms with Gasteiger partial charge in [-0.05, 0) is 36.9 Å². The molecule has 0 spiro atoms. The Bertz CT molecular complexity index is 2880. The monoisotopic (exact) mass is 1120 g/mol. The van der Waals surface area contributed by atoms with Crippen LogP contribution in [-0.2, 0) is 38.4 Å². The predicted molar refractivity (Wildman–Crippen MR) is 293 cm³/mol. The van der Waals surface area contributed by atoms with Crippen LogP contribution in [0.1, 0.15) is 53.6 Å². The van der Waals surface area contributed by atoms with E-state index in [0.29, 0.717) is 45.3 Å². The lowest BCUT2D eigenvalue weighted by Gasteiger charge is -2.35. The minimum atomic E-state index is -1.41. The fourth-order valence-electron chi connectivity index (χ4n) is 8.27. The molecule has 25 heteroatoms. The summed E-state index contributed by atoms with van der Waals surface area (Å²) in [6, 6.07) is 10.1. The number of nitrogens with one attached hydrogen (secondary N) is 2. The molecule has 6 atom stereocenters. The lowest BCUT2D eigenvalue weighted by molar-refractivity contribution is -0.145. The van der Waals surface area contributed by atoms with Crippen LogP contribution in [-0.4, -0.2) is 197 Å². The Balaban J connectivity index is 1.35. The van der Waals surface area contributed by atoms with Gasteiger partial charge in [-0.3, -0.25) is 47.9 Å². The molecule has 400 valence electrons. The number of hydrogen-bond donors (Lipinski definition) is 4. The number of pyridine rings is 2. The molecule has 6 rings (SSSR count). The zero-order valence-corrected chi connectivity index (χ0v) is 46.1. The van der Waals surface area contributed by atoms with Gasteiger partial charge < -0.3 is 40.4 Å². The summed E-state index contributed by atoms with van der Waals surface area (Å²) >= 11 is 2.62. The summed E-state index contributed by atoms with van der Waals surface area (Å²) in [5.41, 5.74) is 0.108. The first-order valence-electron chi connectivity index (χ1n) is 23.7. The molecule has 2 bridgehead atoms. The van der Waals surface area contributed by atoms with Crippen LogP contribution in [0, 0.1) is 5.92 Å². The minimum absolute atomic E-state index is 0.0880. The molecule has 2 fully saturated rings. The average molecular weight is 1120 g/mol. The highest BCUT2D eigenvalue weighted by Gasteiger charge is 2.39. The Kier molecular flexibility index (Phi) is 20.8. The normalized spacial score (nSPS) is 23.1. The van der Waals surface area contributed by atoms with Gasteiger partial charge in [0.25, 0.3) is 5.91 Å². The zero-order valence-electron chi connectivity index (χ0n) is 42.0. The van der Waals surface area contributed by atoms with Gasteiger partial charge in [-0.25, -0.2) is 9.97 Å². The molecule has 2 aromatic heterocycles. The average Bonchev–Trinajstić information content (AvgIpc) is 3.39. The standard InChI is InChI=1S/C50H58N8O12S5/c1-7-33-49(69)73-23-32(54-46(66)44-40(62)19-28-13-9-11-15-31(28)53-44)37(59)16-17-41(63)55(2)34-25-74-75-26-35(47(67)57(33)4)56(3)42(64)21-51-45(65)29(22-72-50(70)36(24-71-6)58(5)48(34)68)20-39(61)43-38(60)18-27-12-8-10-14-30(27)52-43/h8-15,18-19,29,32-36,60,62H,7,16-17,20-26H2,1-6H3,(H,51,65)(H,54,66)/t29-,32-,33+,34+,35+,36+/m1/s1. The van der Waals surface area contributed by atoms with E-state index in [1.807, 2.05) is 0 Å². The number of benzene rings is 2. The van der Waals surface area contributed by atoms with Crippen LogP contribution in [0.3, 0.4) is 0 Å². The number of ketones is 2. The largest absolute Gasteiger partial charge is 0.506 e. The van der Waals surface area contributed by atoms with Crippen LogP contribution < -0.4 is 10.6 Å². The van der Waals surface area contributed by atoms with Gasteiger partial charge >= 0.3 is 0 Å². The van der Waals surface area contributed by atoms with Crippen molar-refractivity contribution in [3.63, 3.8) is 0 Å². The van der Waals surface area contributed by atoms with E-state index in [0.717, 1.165) is 31.4 Å². The molecule has 2 saturated heterocycles. The summed E-state index contributed by atoms with van der Waals surface area (Å²) < 4.78 is 0. The van der Waals surface area contributed by atoms with Crippen LogP contribution in [0.25, 0.3) is 21.8 Å². The maximum atomic E-state index is 14.7. The van der Waals surface area contributed by atoms with Gasteiger partial charge in [0.05, 0.1) is 29.5 Å². The van der Waals surface area contributed by atoms with Gasteiger partial charge in [-0.2, -0.15) is 11.8 Å². The number of nitrogens with zero attached hydrogens (tertiary/aromatic N) is 6. The van der Waals surface area contributed by atoms with Crippen molar-refractivity contribution in [2.75, 3.05) is 69.8 Å². The van der Waals surface area contributed by atoms with E-state index < -0.39 is 131 Å². The molecular formula is C50H58N8O12S5. The number of thioether (sulfide) groups is 3. The minimum Gasteiger partial charge on any atom is -0.506 e. The number of aromatic nitrogens is 2. The fraction of sp³-hybridized carbons (Fsp3) is 0.440. The Morgan fingerprint density at radius 1 is 0.693 bits per heavy atom. The third kappa shape index (κ3) is 14.3. The summed E-state index contributed by atoms with van der Waals surface area (Å²) in [7, 11) is 7.77. The number of para-hydroxylation sites is 2. The smallest absolute Gasteiger partial charge is 0.274 e. The SMILES string of the molecule is CC[C@H]1C(=O)SC[C@@H](NC(=O)c2nc3ccccc3cc2O)C(=O)CCC(=O)N(C)[C@H]2CSSC[C@@H](C(=O)N1C)N(C)C(=O)CNC(=O)[C@H](CC(=O)c1nc3ccccc3cc1O)CSC(=O)[C@H](CSC)N(C)C2=O. The number of rotatable bonds is 8. The lowest BCUT2D eigenvalue weighted by atomic mass is 10.0. The first-order chi connectivity index (χ1) is 35.7. The molecule has 2 aromatic carbocycles. The van der Waals surface area contributed by atoms with Crippen molar-refractivity contribution < 1.29 is 58.2 Å². The Morgan fingerprint density at radius 2 is 1.21 bits per heavy atom. The quantitative estimate of drug-likeness (QED) is 0.145. The molecule has 0 aliphatic carbocycles. The summed E-state index contributed by atoms with van der Waals surface area (Å²) in [5.74, 6) is -8.71. The number of Topliss-reactive ketones (excluding diaryl/α,β-unsaturated/α-hetero) is 2. The number of carbonyl (C=O) groups is 10. The Hall–Kier alpha value is -5.89. The molecule has 0 radical (unpaired) electrons. The van der Waals surface area contributed by atoms with E-state index in [4.69, 9.17) is 0 Å². The molecule has 75 heavy (non-hydrogen) atoms. The van der Waals surface area contributed by atoms with Crippen LogP contribution in [0.2, 0.25) is 0 Å². The number of hydrogen-bond acceptors (Lipinski definition) is 19. The molecule has 2 aliphatic heterocycles. The van der Waals surface area contributed by atoms with Crippen molar-refractivity contribution in [2.45, 2.75) is 62.8 Å². The summed E-state index contributed by atoms with van der Waals surface area (Å²) in [5, 5.41) is 26.8. The van der Waals surface area contributed by atoms with Crippen molar-refractivity contribution in [2.24, 2.45) is 5.92 Å². The van der Waals surface area contributed by atoms with Gasteiger partial charge in [0.15, 0.2) is 17.3 Å². The second-order valence-corrected chi connectivity index (χ2v) is 23.3. The molecule has 0 unspecified atom stereocenters. The maximum absolute atomic E-state index is 14.7. The molecule has 6 amide bonds. The number of carbonyl (C=O) groups excluding carboxylic acids is 10. The first kappa shape index (κ1) is 58.4. The lowest BCUT2D eigenvalue weighted by Crippen LogP contribution is -2.55. The molecule has 20 nitrogen and oxygen atoms in total. The number of likely N-dealkylation sites (N-methyl/N-ethyl adjacent to an activating group) is 4. The van der Waals surface area contributed by atoms with E-state index >= 15 is 0 Å². The van der Waals surface area contributed by atoms with E-state index in [1.165, 1.54) is 61.9 Å². The highest BCUT2D eigenvalue weighted by atomic mass is 33.1. The van der Waals surface area contributed by atoms with E-state index in [-0.39, 0.29) is 46.6 Å². The number of amides is 6. The molecule has 0 saturated carbocycles. The van der Waals surface area contributed by atoms with Crippen LogP contribution in [0.5, 0.6) is 11.5 Å². The highest BCUT2D eigenvalue weighted by molar-refractivity contribution is 8.76. The zero-order chi connectivity index (χ0) is 54.7. The van der Waals surface area contributed by atoms with Crippen molar-refractivity contribution in [1.82, 2.24) is 40.2 Å². The van der Waals surface area contributed by atoms with Crippen LogP contribution >= 0.6 is 56.9 Å². The van der Waals surface area contributed by atoms with E-state index in [2.05, 4.69) is 20.6 Å². The second kappa shape index (κ2) is 26.7. The summed E-state index contributed by atoms with van der Waals surface area (Å²) in [6.45, 7) is 1.02. The highest BCUT2D eigenvalue weighted by Crippen LogP contribution is 2.31. The van der Waals surface area contributed by atoms with Crippen molar-refractivity contribution >= 4 is 136 Å². The number of fused-ring (bicyclic) bond motifs is 7.